The summed E-state index contributed by atoms with van der Waals surface area (Å²) >= 11 is 0. The Hall–Kier alpha value is -1.02. The highest BCUT2D eigenvalue weighted by Crippen LogP contribution is 2.26. The van der Waals surface area contributed by atoms with E-state index in [0.717, 1.165) is 5.75 Å². The molecule has 2 nitrogen and oxygen atoms in total. The van der Waals surface area contributed by atoms with E-state index in [1.54, 1.807) is 0 Å². The van der Waals surface area contributed by atoms with Crippen LogP contribution in [0.4, 0.5) is 0 Å². The van der Waals surface area contributed by atoms with Gasteiger partial charge in [-0.25, -0.2) is 0 Å². The van der Waals surface area contributed by atoms with Crippen LogP contribution in [0.2, 0.25) is 0 Å². The maximum absolute atomic E-state index is 5.77. The van der Waals surface area contributed by atoms with Crippen molar-refractivity contribution in [2.24, 2.45) is 0 Å². The molecule has 19 heavy (non-hydrogen) atoms. The Morgan fingerprint density at radius 2 is 1.74 bits per heavy atom. The highest BCUT2D eigenvalue weighted by Gasteiger charge is 2.23. The van der Waals surface area contributed by atoms with E-state index in [1.165, 1.54) is 70.1 Å². The number of likely N-dealkylation sites (tertiary alicyclic amines) is 1. The number of benzene rings is 1. The highest BCUT2D eigenvalue weighted by molar-refractivity contribution is 5.27. The van der Waals surface area contributed by atoms with Crippen molar-refractivity contribution in [2.75, 3.05) is 19.6 Å². The second kappa shape index (κ2) is 6.42. The summed E-state index contributed by atoms with van der Waals surface area (Å²) in [6, 6.07) is 8.73. The van der Waals surface area contributed by atoms with Gasteiger partial charge < -0.3 is 9.64 Å². The van der Waals surface area contributed by atoms with Crippen molar-refractivity contribution < 1.29 is 4.74 Å². The lowest BCUT2D eigenvalue weighted by atomic mass is 10.1. The summed E-state index contributed by atoms with van der Waals surface area (Å²) in [5, 5.41) is 0. The van der Waals surface area contributed by atoms with Gasteiger partial charge in [0, 0.05) is 0 Å². The molecular formula is C17H25NO. The molecule has 2 heteroatoms. The Labute approximate surface area is 116 Å². The van der Waals surface area contributed by atoms with Crippen molar-refractivity contribution in [1.29, 1.82) is 0 Å². The lowest BCUT2D eigenvalue weighted by Crippen LogP contribution is -2.30. The first-order valence-corrected chi connectivity index (χ1v) is 7.88. The average molecular weight is 259 g/mol. The Bertz CT molecular complexity index is 377. The number of ether oxygens (including phenoxy) is 1. The molecule has 104 valence electrons. The molecule has 1 aliphatic carbocycles. The summed E-state index contributed by atoms with van der Waals surface area (Å²) in [7, 11) is 0. The molecule has 0 bridgehead atoms. The molecule has 0 N–H and O–H groups in total. The average Bonchev–Trinajstić information content (AvgIpc) is 3.26. The third kappa shape index (κ3) is 4.24. The van der Waals surface area contributed by atoms with Gasteiger partial charge in [0.2, 0.25) is 0 Å². The van der Waals surface area contributed by atoms with Crippen molar-refractivity contribution >= 4 is 0 Å². The van der Waals surface area contributed by atoms with Gasteiger partial charge >= 0.3 is 0 Å². The van der Waals surface area contributed by atoms with Gasteiger partial charge in [-0.3, -0.25) is 0 Å². The van der Waals surface area contributed by atoms with Gasteiger partial charge in [-0.05, 0) is 75.9 Å². The molecule has 1 saturated heterocycles. The van der Waals surface area contributed by atoms with E-state index < -0.39 is 0 Å². The Morgan fingerprint density at radius 3 is 2.42 bits per heavy atom. The van der Waals surface area contributed by atoms with E-state index in [1.807, 2.05) is 0 Å². The summed E-state index contributed by atoms with van der Waals surface area (Å²) in [5.74, 6) is 1.04. The lowest BCUT2D eigenvalue weighted by molar-refractivity contribution is 0.226. The molecule has 2 aliphatic rings. The van der Waals surface area contributed by atoms with Crippen molar-refractivity contribution in [1.82, 2.24) is 4.90 Å². The van der Waals surface area contributed by atoms with Crippen LogP contribution in [0.3, 0.4) is 0 Å². The summed E-state index contributed by atoms with van der Waals surface area (Å²) in [6.45, 7) is 3.89. The van der Waals surface area contributed by atoms with Crippen molar-refractivity contribution in [3.05, 3.63) is 29.8 Å². The Kier molecular flexibility index (Phi) is 4.39. The standard InChI is InChI=1S/C17H25NO/c1-2-12-18(13-3-1)14-4-5-15-6-8-16(9-7-15)19-17-10-11-17/h6-9,17H,1-5,10-14H2. The van der Waals surface area contributed by atoms with Crippen LogP contribution in [0.1, 0.15) is 44.1 Å². The van der Waals surface area contributed by atoms with Crippen LogP contribution in [0.5, 0.6) is 5.75 Å². The van der Waals surface area contributed by atoms with Crippen LogP contribution in [0.15, 0.2) is 24.3 Å². The number of piperidine rings is 1. The molecule has 3 rings (SSSR count). The highest BCUT2D eigenvalue weighted by atomic mass is 16.5. The first kappa shape index (κ1) is 13.0. The van der Waals surface area contributed by atoms with Gasteiger partial charge in [0.25, 0.3) is 0 Å². The number of nitrogens with zero attached hydrogens (tertiary/aromatic N) is 1. The zero-order chi connectivity index (χ0) is 12.9. The fourth-order valence-corrected chi connectivity index (χ4v) is 2.80. The first-order chi connectivity index (χ1) is 9.40. The van der Waals surface area contributed by atoms with Gasteiger partial charge in [-0.15, -0.1) is 0 Å². The zero-order valence-corrected chi connectivity index (χ0v) is 11.8. The van der Waals surface area contributed by atoms with Gasteiger partial charge in [-0.1, -0.05) is 18.6 Å². The molecule has 1 heterocycles. The van der Waals surface area contributed by atoms with Crippen molar-refractivity contribution in [2.45, 2.75) is 51.0 Å². The molecule has 0 amide bonds. The van der Waals surface area contributed by atoms with E-state index in [4.69, 9.17) is 4.74 Å². The zero-order valence-electron chi connectivity index (χ0n) is 11.8. The Morgan fingerprint density at radius 1 is 1.00 bits per heavy atom. The number of rotatable bonds is 6. The fraction of sp³-hybridized carbons (Fsp3) is 0.647. The third-order valence-electron chi connectivity index (χ3n) is 4.14. The molecule has 1 aromatic rings. The predicted octanol–water partition coefficient (Wildman–Crippen LogP) is 3.65. The molecule has 1 aliphatic heterocycles. The summed E-state index contributed by atoms with van der Waals surface area (Å²) < 4.78 is 5.77. The van der Waals surface area contributed by atoms with E-state index >= 15 is 0 Å². The van der Waals surface area contributed by atoms with Crippen LogP contribution in [-0.2, 0) is 6.42 Å². The summed E-state index contributed by atoms with van der Waals surface area (Å²) in [4.78, 5) is 2.62. The minimum absolute atomic E-state index is 0.505. The molecule has 2 fully saturated rings. The van der Waals surface area contributed by atoms with Gasteiger partial charge in [0.05, 0.1) is 6.10 Å². The maximum atomic E-state index is 5.77. The quantitative estimate of drug-likeness (QED) is 0.773. The molecule has 0 unspecified atom stereocenters. The van der Waals surface area contributed by atoms with Crippen LogP contribution in [0, 0.1) is 0 Å². The van der Waals surface area contributed by atoms with Crippen LogP contribution in [0.25, 0.3) is 0 Å². The van der Waals surface area contributed by atoms with Crippen LogP contribution >= 0.6 is 0 Å². The van der Waals surface area contributed by atoms with E-state index in [-0.39, 0.29) is 0 Å². The Balaban J connectivity index is 1.39. The molecule has 0 radical (unpaired) electrons. The largest absolute Gasteiger partial charge is 0.490 e. The molecule has 0 aromatic heterocycles. The smallest absolute Gasteiger partial charge is 0.119 e. The topological polar surface area (TPSA) is 12.5 Å². The van der Waals surface area contributed by atoms with Gasteiger partial charge in [0.15, 0.2) is 0 Å². The molecule has 0 spiro atoms. The van der Waals surface area contributed by atoms with E-state index in [9.17, 15) is 0 Å². The van der Waals surface area contributed by atoms with Gasteiger partial charge in [0.1, 0.15) is 5.75 Å². The van der Waals surface area contributed by atoms with Crippen LogP contribution in [-0.4, -0.2) is 30.6 Å². The third-order valence-corrected chi connectivity index (χ3v) is 4.14. The molecule has 1 aromatic carbocycles. The fourth-order valence-electron chi connectivity index (χ4n) is 2.80. The predicted molar refractivity (Wildman–Crippen MR) is 78.7 cm³/mol. The second-order valence-electron chi connectivity index (χ2n) is 5.97. The first-order valence-electron chi connectivity index (χ1n) is 7.88. The monoisotopic (exact) mass is 259 g/mol. The summed E-state index contributed by atoms with van der Waals surface area (Å²) in [5.41, 5.74) is 1.44. The van der Waals surface area contributed by atoms with E-state index in [2.05, 4.69) is 29.2 Å². The van der Waals surface area contributed by atoms with E-state index in [0.29, 0.717) is 6.10 Å². The van der Waals surface area contributed by atoms with Gasteiger partial charge in [-0.2, -0.15) is 0 Å². The van der Waals surface area contributed by atoms with Crippen molar-refractivity contribution in [3.63, 3.8) is 0 Å². The second-order valence-corrected chi connectivity index (χ2v) is 5.97. The normalized spacial score (nSPS) is 20.4. The molecule has 1 saturated carbocycles. The van der Waals surface area contributed by atoms with Crippen LogP contribution < -0.4 is 4.74 Å². The minimum Gasteiger partial charge on any atom is -0.490 e. The maximum Gasteiger partial charge on any atom is 0.119 e. The summed E-state index contributed by atoms with van der Waals surface area (Å²) in [6.07, 6.45) is 9.67. The number of hydrogen-bond donors (Lipinski definition) is 0. The number of aryl methyl sites for hydroxylation is 1. The van der Waals surface area contributed by atoms with Crippen molar-refractivity contribution in [3.8, 4) is 5.75 Å². The molecular weight excluding hydrogens is 234 g/mol. The minimum atomic E-state index is 0.505. The SMILES string of the molecule is c1cc(OC2CC2)ccc1CCCN1CCCCC1. The number of hydrogen-bond acceptors (Lipinski definition) is 2. The molecule has 0 atom stereocenters. The lowest BCUT2D eigenvalue weighted by Gasteiger charge is -2.26.